The van der Waals surface area contributed by atoms with Crippen molar-refractivity contribution in [1.29, 1.82) is 0 Å². The molecule has 4 rings (SSSR count). The lowest BCUT2D eigenvalue weighted by Crippen LogP contribution is -2.47. The van der Waals surface area contributed by atoms with E-state index in [0.717, 1.165) is 6.26 Å². The van der Waals surface area contributed by atoms with Gasteiger partial charge in [0.1, 0.15) is 6.26 Å². The van der Waals surface area contributed by atoms with Crippen molar-refractivity contribution in [3.63, 3.8) is 0 Å². The van der Waals surface area contributed by atoms with Crippen LogP contribution in [0.3, 0.4) is 0 Å². The van der Waals surface area contributed by atoms with E-state index >= 15 is 0 Å². The second-order valence-electron chi connectivity index (χ2n) is 9.38. The number of nitrogens with two attached hydrogens (primary N) is 1. The van der Waals surface area contributed by atoms with Crippen LogP contribution < -0.4 is 16.4 Å². The molecule has 3 amide bonds. The summed E-state index contributed by atoms with van der Waals surface area (Å²) >= 11 is 6.20. The SMILES string of the molecule is Cc1cccc2c1NC(=O)[C@@H](NC(=O)C(CCC(F)(F)F)C(C(N)=O)c1conc1C)N=C2c1cccc(Cl)c1. The zero-order chi connectivity index (χ0) is 29.2. The maximum atomic E-state index is 13.6. The molecule has 0 saturated carbocycles. The fourth-order valence-corrected chi connectivity index (χ4v) is 4.81. The van der Waals surface area contributed by atoms with Crippen LogP contribution in [0.15, 0.2) is 58.2 Å². The summed E-state index contributed by atoms with van der Waals surface area (Å²) in [4.78, 5) is 43.8. The second kappa shape index (κ2) is 11.5. The van der Waals surface area contributed by atoms with Gasteiger partial charge in [0.05, 0.1) is 28.9 Å². The highest BCUT2D eigenvalue weighted by molar-refractivity contribution is 6.31. The molecule has 2 aromatic carbocycles. The third kappa shape index (κ3) is 6.33. The number of alkyl halides is 3. The van der Waals surface area contributed by atoms with Gasteiger partial charge in [-0.1, -0.05) is 47.1 Å². The molecule has 0 spiro atoms. The number of nitrogens with one attached hydrogen (secondary N) is 2. The van der Waals surface area contributed by atoms with Crippen molar-refractivity contribution in [3.8, 4) is 0 Å². The van der Waals surface area contributed by atoms with Crippen molar-refractivity contribution in [3.05, 3.63) is 81.7 Å². The average molecular weight is 576 g/mol. The number of hydrogen-bond donors (Lipinski definition) is 3. The zero-order valence-corrected chi connectivity index (χ0v) is 22.1. The number of anilines is 1. The molecule has 3 atom stereocenters. The van der Waals surface area contributed by atoms with Gasteiger partial charge in [-0.3, -0.25) is 14.4 Å². The number of primary amides is 1. The Kier molecular flexibility index (Phi) is 8.29. The summed E-state index contributed by atoms with van der Waals surface area (Å²) in [7, 11) is 0. The van der Waals surface area contributed by atoms with Gasteiger partial charge in [-0.2, -0.15) is 13.2 Å². The normalized spacial score (nSPS) is 16.7. The van der Waals surface area contributed by atoms with Gasteiger partial charge in [0.2, 0.25) is 18.0 Å². The highest BCUT2D eigenvalue weighted by Gasteiger charge is 2.40. The Morgan fingerprint density at radius 1 is 1.20 bits per heavy atom. The zero-order valence-electron chi connectivity index (χ0n) is 21.4. The van der Waals surface area contributed by atoms with Gasteiger partial charge < -0.3 is 20.9 Å². The maximum absolute atomic E-state index is 13.6. The van der Waals surface area contributed by atoms with Gasteiger partial charge in [-0.15, -0.1) is 0 Å². The summed E-state index contributed by atoms with van der Waals surface area (Å²) in [6.07, 6.45) is -7.28. The first-order valence-corrected chi connectivity index (χ1v) is 12.6. The number of para-hydroxylation sites is 1. The van der Waals surface area contributed by atoms with Crippen LogP contribution in [0, 0.1) is 19.8 Å². The lowest BCUT2D eigenvalue weighted by atomic mass is 9.82. The van der Waals surface area contributed by atoms with E-state index in [1.54, 1.807) is 49.4 Å². The molecule has 4 N–H and O–H groups in total. The van der Waals surface area contributed by atoms with Gasteiger partial charge in [-0.05, 0) is 38.0 Å². The summed E-state index contributed by atoms with van der Waals surface area (Å²) in [6.45, 7) is 3.24. The Morgan fingerprint density at radius 3 is 2.55 bits per heavy atom. The van der Waals surface area contributed by atoms with Crippen LogP contribution in [-0.4, -0.2) is 40.9 Å². The lowest BCUT2D eigenvalue weighted by Gasteiger charge is -2.25. The van der Waals surface area contributed by atoms with E-state index in [4.69, 9.17) is 21.9 Å². The molecule has 40 heavy (non-hydrogen) atoms. The summed E-state index contributed by atoms with van der Waals surface area (Å²) in [5.41, 5.74) is 8.40. The fourth-order valence-electron chi connectivity index (χ4n) is 4.62. The fraction of sp³-hybridized carbons (Fsp3) is 0.296. The standard InChI is InChI=1S/C27H25ClF3N5O4/c1-13-5-3-8-18-21(13)34-26(39)24(33-22(18)15-6-4-7-16(28)11-15)35-25(38)17(9-10-27(29,30)31)20(23(32)37)19-12-40-36-14(19)2/h3-8,11-12,17,20,24H,9-10H2,1-2H3,(H2,32,37)(H,34,39)(H,35,38)/t17?,20?,24-/m1/s1. The summed E-state index contributed by atoms with van der Waals surface area (Å²) in [5.74, 6) is -5.91. The van der Waals surface area contributed by atoms with Crippen molar-refractivity contribution in [1.82, 2.24) is 10.5 Å². The Hall–Kier alpha value is -4.19. The minimum Gasteiger partial charge on any atom is -0.369 e. The number of aliphatic imine (C=N–C) groups is 1. The van der Waals surface area contributed by atoms with Crippen molar-refractivity contribution in [2.75, 3.05) is 5.32 Å². The first-order chi connectivity index (χ1) is 18.9. The van der Waals surface area contributed by atoms with Crippen LogP contribution in [0.1, 0.15) is 46.7 Å². The Morgan fingerprint density at radius 2 is 1.93 bits per heavy atom. The number of fused-ring (bicyclic) bond motifs is 1. The number of benzene rings is 2. The molecular weight excluding hydrogens is 551 g/mol. The molecule has 0 saturated heterocycles. The number of carbonyl (C=O) groups excluding carboxylic acids is 3. The van der Waals surface area contributed by atoms with Crippen molar-refractivity contribution in [2.45, 2.75) is 44.9 Å². The molecule has 0 bridgehead atoms. The van der Waals surface area contributed by atoms with Gasteiger partial charge in [0.15, 0.2) is 0 Å². The van der Waals surface area contributed by atoms with Crippen LogP contribution >= 0.6 is 11.6 Å². The number of carbonyl (C=O) groups is 3. The molecule has 13 heteroatoms. The molecule has 1 aromatic heterocycles. The van der Waals surface area contributed by atoms with Crippen LogP contribution in [0.4, 0.5) is 18.9 Å². The quantitative estimate of drug-likeness (QED) is 0.365. The molecule has 0 aliphatic carbocycles. The van der Waals surface area contributed by atoms with Crippen LogP contribution in [0.5, 0.6) is 0 Å². The topological polar surface area (TPSA) is 140 Å². The van der Waals surface area contributed by atoms with Crippen molar-refractivity contribution in [2.24, 2.45) is 16.6 Å². The van der Waals surface area contributed by atoms with Gasteiger partial charge in [-0.25, -0.2) is 4.99 Å². The van der Waals surface area contributed by atoms with E-state index in [-0.39, 0.29) is 11.3 Å². The number of nitrogens with zero attached hydrogens (tertiary/aromatic N) is 2. The maximum Gasteiger partial charge on any atom is 0.389 e. The summed E-state index contributed by atoms with van der Waals surface area (Å²) in [6, 6.07) is 12.0. The minimum absolute atomic E-state index is 0.0753. The van der Waals surface area contributed by atoms with Gasteiger partial charge >= 0.3 is 6.18 Å². The molecule has 1 aliphatic heterocycles. The number of aromatic nitrogens is 1. The van der Waals surface area contributed by atoms with Crippen LogP contribution in [0.2, 0.25) is 5.02 Å². The third-order valence-corrected chi connectivity index (χ3v) is 6.80. The largest absolute Gasteiger partial charge is 0.389 e. The molecule has 0 fully saturated rings. The molecule has 1 aliphatic rings. The number of benzodiazepines with no additional fused rings is 1. The number of amides is 3. The van der Waals surface area contributed by atoms with E-state index in [9.17, 15) is 27.6 Å². The van der Waals surface area contributed by atoms with Gasteiger partial charge in [0.25, 0.3) is 5.91 Å². The number of hydrogen-bond acceptors (Lipinski definition) is 6. The molecule has 2 unspecified atom stereocenters. The van der Waals surface area contributed by atoms with Crippen molar-refractivity contribution < 1.29 is 32.1 Å². The number of halogens is 4. The monoisotopic (exact) mass is 575 g/mol. The summed E-state index contributed by atoms with van der Waals surface area (Å²) in [5, 5.41) is 9.24. The molecule has 210 valence electrons. The predicted octanol–water partition coefficient (Wildman–Crippen LogP) is 4.40. The highest BCUT2D eigenvalue weighted by Crippen LogP contribution is 2.34. The van der Waals surface area contributed by atoms with Gasteiger partial charge in [0, 0.05) is 28.1 Å². The number of rotatable bonds is 8. The highest BCUT2D eigenvalue weighted by atomic mass is 35.5. The molecule has 2 heterocycles. The molecule has 9 nitrogen and oxygen atoms in total. The van der Waals surface area contributed by atoms with Crippen molar-refractivity contribution >= 4 is 40.7 Å². The molecule has 0 radical (unpaired) electrons. The van der Waals surface area contributed by atoms with Crippen LogP contribution in [0.25, 0.3) is 0 Å². The predicted molar refractivity (Wildman–Crippen MR) is 141 cm³/mol. The molecule has 3 aromatic rings. The smallest absolute Gasteiger partial charge is 0.369 e. The lowest BCUT2D eigenvalue weighted by molar-refractivity contribution is -0.144. The Balaban J connectivity index is 1.76. The van der Waals surface area contributed by atoms with E-state index in [0.29, 0.717) is 33.1 Å². The van der Waals surface area contributed by atoms with E-state index in [1.165, 1.54) is 6.92 Å². The Labute approximate surface area is 232 Å². The minimum atomic E-state index is -4.62. The second-order valence-corrected chi connectivity index (χ2v) is 9.82. The van der Waals surface area contributed by atoms with E-state index in [1.807, 2.05) is 0 Å². The summed E-state index contributed by atoms with van der Waals surface area (Å²) < 4.78 is 44.5. The first kappa shape index (κ1) is 28.8. The van der Waals surface area contributed by atoms with E-state index in [2.05, 4.69) is 20.8 Å². The average Bonchev–Trinajstić information content (AvgIpc) is 3.23. The van der Waals surface area contributed by atoms with Crippen LogP contribution in [-0.2, 0) is 14.4 Å². The number of aryl methyl sites for hydroxylation is 2. The van der Waals surface area contributed by atoms with E-state index < -0.39 is 54.7 Å². The first-order valence-electron chi connectivity index (χ1n) is 12.2. The third-order valence-electron chi connectivity index (χ3n) is 6.57. The Bertz CT molecular complexity index is 1490. The molecular formula is C27H25ClF3N5O4.